The summed E-state index contributed by atoms with van der Waals surface area (Å²) in [5.74, 6) is -0.810. The Balaban J connectivity index is 2.20. The van der Waals surface area contributed by atoms with Crippen LogP contribution in [0.15, 0.2) is 54.6 Å². The molecule has 0 fully saturated rings. The largest absolute Gasteiger partial charge is 0.478 e. The Bertz CT molecular complexity index is 829. The highest BCUT2D eigenvalue weighted by Crippen LogP contribution is 2.32. The Morgan fingerprint density at radius 2 is 1.95 bits per heavy atom. The van der Waals surface area contributed by atoms with Crippen LogP contribution in [0.1, 0.15) is 24.8 Å². The van der Waals surface area contributed by atoms with Crippen molar-refractivity contribution in [1.82, 2.24) is 4.98 Å². The van der Waals surface area contributed by atoms with Gasteiger partial charge in [-0.3, -0.25) is 0 Å². The fourth-order valence-electron chi connectivity index (χ4n) is 2.86. The molecule has 3 nitrogen and oxygen atoms in total. The van der Waals surface area contributed by atoms with E-state index in [1.807, 2.05) is 18.2 Å². The van der Waals surface area contributed by atoms with Gasteiger partial charge in [-0.25, -0.2) is 4.79 Å². The number of allylic oxidation sites excluding steroid dienone is 1. The van der Waals surface area contributed by atoms with E-state index in [0.29, 0.717) is 0 Å². The predicted octanol–water partition coefficient (Wildman–Crippen LogP) is 4.46. The molecule has 106 valence electrons. The van der Waals surface area contributed by atoms with Crippen molar-refractivity contribution in [3.8, 4) is 0 Å². The molecule has 1 heterocycles. The molecule has 0 spiro atoms. The van der Waals surface area contributed by atoms with E-state index in [1.54, 1.807) is 6.08 Å². The molecule has 0 aliphatic carbocycles. The summed E-state index contributed by atoms with van der Waals surface area (Å²) < 4.78 is 0. The third-order valence-electron chi connectivity index (χ3n) is 3.88. The van der Waals surface area contributed by atoms with Gasteiger partial charge in [0.25, 0.3) is 0 Å². The second-order valence-electron chi connectivity index (χ2n) is 5.15. The molecule has 0 amide bonds. The zero-order valence-electron chi connectivity index (χ0n) is 11.8. The Kier molecular flexibility index (Phi) is 3.48. The molecule has 3 rings (SSSR count). The first kappa shape index (κ1) is 13.4. The van der Waals surface area contributed by atoms with Gasteiger partial charge in [-0.15, -0.1) is 0 Å². The lowest BCUT2D eigenvalue weighted by atomic mass is 9.94. The quantitative estimate of drug-likeness (QED) is 0.693. The molecule has 0 aliphatic rings. The number of carboxylic acids is 1. The first-order chi connectivity index (χ1) is 10.2. The maximum atomic E-state index is 10.8. The van der Waals surface area contributed by atoms with E-state index in [9.17, 15) is 4.79 Å². The maximum absolute atomic E-state index is 10.8. The number of carboxylic acid groups (broad SMARTS) is 1. The van der Waals surface area contributed by atoms with Gasteiger partial charge in [0, 0.05) is 28.3 Å². The van der Waals surface area contributed by atoms with Crippen molar-refractivity contribution in [2.45, 2.75) is 19.3 Å². The van der Waals surface area contributed by atoms with Crippen LogP contribution in [0.3, 0.4) is 0 Å². The van der Waals surface area contributed by atoms with Crippen LogP contribution in [0.5, 0.6) is 0 Å². The standard InChI is InChI=1S/C18H17NO2/c1-2-12(10-11-17(20)21)13-7-5-8-15-14-6-3-4-9-16(14)19-18(13)15/h3-12,19H,2H2,1H3,(H,20,21). The van der Waals surface area contributed by atoms with Gasteiger partial charge in [0.05, 0.1) is 5.52 Å². The van der Waals surface area contributed by atoms with Gasteiger partial charge in [-0.1, -0.05) is 49.4 Å². The van der Waals surface area contributed by atoms with Crippen LogP contribution in [0.2, 0.25) is 0 Å². The van der Waals surface area contributed by atoms with E-state index < -0.39 is 5.97 Å². The monoisotopic (exact) mass is 279 g/mol. The molecule has 1 atom stereocenters. The summed E-state index contributed by atoms with van der Waals surface area (Å²) in [6.45, 7) is 2.07. The van der Waals surface area contributed by atoms with Crippen LogP contribution in [0.4, 0.5) is 0 Å². The summed E-state index contributed by atoms with van der Waals surface area (Å²) in [6, 6.07) is 14.4. The summed E-state index contributed by atoms with van der Waals surface area (Å²) in [6.07, 6.45) is 3.86. The minimum Gasteiger partial charge on any atom is -0.478 e. The number of rotatable bonds is 4. The molecule has 0 aliphatic heterocycles. The lowest BCUT2D eigenvalue weighted by Crippen LogP contribution is -1.97. The van der Waals surface area contributed by atoms with E-state index in [0.717, 1.165) is 23.0 Å². The molecule has 1 unspecified atom stereocenters. The summed E-state index contributed by atoms with van der Waals surface area (Å²) in [5.41, 5.74) is 3.35. The van der Waals surface area contributed by atoms with Gasteiger partial charge in [0.1, 0.15) is 0 Å². The highest BCUT2D eigenvalue weighted by atomic mass is 16.4. The van der Waals surface area contributed by atoms with E-state index >= 15 is 0 Å². The van der Waals surface area contributed by atoms with E-state index in [-0.39, 0.29) is 5.92 Å². The molecule has 2 aromatic carbocycles. The number of hydrogen-bond donors (Lipinski definition) is 2. The lowest BCUT2D eigenvalue weighted by molar-refractivity contribution is -0.131. The fraction of sp³-hybridized carbons (Fsp3) is 0.167. The van der Waals surface area contributed by atoms with Crippen molar-refractivity contribution in [1.29, 1.82) is 0 Å². The second-order valence-corrected chi connectivity index (χ2v) is 5.15. The van der Waals surface area contributed by atoms with Crippen molar-refractivity contribution in [3.63, 3.8) is 0 Å². The second kappa shape index (κ2) is 5.44. The first-order valence-electron chi connectivity index (χ1n) is 7.11. The summed E-state index contributed by atoms with van der Waals surface area (Å²) in [5, 5.41) is 11.2. The number of H-pyrrole nitrogens is 1. The number of carbonyl (C=O) groups is 1. The topological polar surface area (TPSA) is 53.1 Å². The number of nitrogens with one attached hydrogen (secondary N) is 1. The van der Waals surface area contributed by atoms with Gasteiger partial charge < -0.3 is 10.1 Å². The van der Waals surface area contributed by atoms with Crippen molar-refractivity contribution in [2.75, 3.05) is 0 Å². The Hall–Kier alpha value is -2.55. The van der Waals surface area contributed by atoms with Gasteiger partial charge in [0.2, 0.25) is 0 Å². The first-order valence-corrected chi connectivity index (χ1v) is 7.11. The van der Waals surface area contributed by atoms with Crippen molar-refractivity contribution >= 4 is 27.8 Å². The SMILES string of the molecule is CCC(C=CC(=O)O)c1cccc2c1[nH]c1ccccc12. The normalized spacial score (nSPS) is 13.2. The van der Waals surface area contributed by atoms with Gasteiger partial charge >= 0.3 is 5.97 Å². The number of aromatic amines is 1. The lowest BCUT2D eigenvalue weighted by Gasteiger charge is -2.11. The Morgan fingerprint density at radius 3 is 2.71 bits per heavy atom. The summed E-state index contributed by atoms with van der Waals surface area (Å²) in [7, 11) is 0. The average Bonchev–Trinajstić information content (AvgIpc) is 2.87. The van der Waals surface area contributed by atoms with E-state index in [1.165, 1.54) is 16.8 Å². The number of fused-ring (bicyclic) bond motifs is 3. The Morgan fingerprint density at radius 1 is 1.19 bits per heavy atom. The van der Waals surface area contributed by atoms with Crippen LogP contribution in [0, 0.1) is 0 Å². The minimum absolute atomic E-state index is 0.0952. The van der Waals surface area contributed by atoms with Crippen molar-refractivity contribution in [3.05, 3.63) is 60.2 Å². The molecular weight excluding hydrogens is 262 g/mol. The molecule has 1 aromatic heterocycles. The number of hydrogen-bond acceptors (Lipinski definition) is 1. The highest BCUT2D eigenvalue weighted by Gasteiger charge is 2.13. The number of benzene rings is 2. The zero-order valence-corrected chi connectivity index (χ0v) is 11.8. The Labute approximate surface area is 122 Å². The zero-order chi connectivity index (χ0) is 14.8. The smallest absolute Gasteiger partial charge is 0.327 e. The van der Waals surface area contributed by atoms with Crippen LogP contribution < -0.4 is 0 Å². The van der Waals surface area contributed by atoms with Crippen LogP contribution in [-0.4, -0.2) is 16.1 Å². The van der Waals surface area contributed by atoms with Gasteiger partial charge in [0.15, 0.2) is 0 Å². The van der Waals surface area contributed by atoms with E-state index in [2.05, 4.69) is 36.2 Å². The molecule has 3 aromatic rings. The van der Waals surface area contributed by atoms with E-state index in [4.69, 9.17) is 5.11 Å². The molecule has 0 bridgehead atoms. The highest BCUT2D eigenvalue weighted by molar-refractivity contribution is 6.08. The third kappa shape index (κ3) is 2.42. The van der Waals surface area contributed by atoms with Gasteiger partial charge in [-0.05, 0) is 18.1 Å². The van der Waals surface area contributed by atoms with Gasteiger partial charge in [-0.2, -0.15) is 0 Å². The molecule has 3 heteroatoms. The number of aromatic nitrogens is 1. The molecular formula is C18H17NO2. The minimum atomic E-state index is -0.905. The molecule has 0 saturated heterocycles. The third-order valence-corrected chi connectivity index (χ3v) is 3.88. The summed E-state index contributed by atoms with van der Waals surface area (Å²) in [4.78, 5) is 14.2. The fourth-order valence-corrected chi connectivity index (χ4v) is 2.86. The average molecular weight is 279 g/mol. The van der Waals surface area contributed by atoms with Crippen LogP contribution in [-0.2, 0) is 4.79 Å². The number of para-hydroxylation sites is 2. The molecule has 2 N–H and O–H groups in total. The van der Waals surface area contributed by atoms with Crippen LogP contribution in [0.25, 0.3) is 21.8 Å². The number of aliphatic carboxylic acids is 1. The predicted molar refractivity (Wildman–Crippen MR) is 85.6 cm³/mol. The summed E-state index contributed by atoms with van der Waals surface area (Å²) >= 11 is 0. The molecule has 21 heavy (non-hydrogen) atoms. The van der Waals surface area contributed by atoms with Crippen LogP contribution >= 0.6 is 0 Å². The molecule has 0 radical (unpaired) electrons. The molecule has 0 saturated carbocycles. The maximum Gasteiger partial charge on any atom is 0.327 e. The van der Waals surface area contributed by atoms with Crippen molar-refractivity contribution < 1.29 is 9.90 Å². The van der Waals surface area contributed by atoms with Crippen molar-refractivity contribution in [2.24, 2.45) is 0 Å².